The van der Waals surface area contributed by atoms with Crippen LogP contribution in [0.25, 0.3) is 0 Å². The van der Waals surface area contributed by atoms with Crippen molar-refractivity contribution in [2.45, 2.75) is 26.2 Å². The molecule has 5 nitrogen and oxygen atoms in total. The van der Waals surface area contributed by atoms with Crippen LogP contribution in [0.3, 0.4) is 0 Å². The Morgan fingerprint density at radius 3 is 2.89 bits per heavy atom. The maximum Gasteiger partial charge on any atom is 0.311 e. The van der Waals surface area contributed by atoms with Crippen molar-refractivity contribution in [2.24, 2.45) is 5.41 Å². The first-order valence-electron chi connectivity index (χ1n) is 6.05. The molecule has 1 unspecified atom stereocenters. The van der Waals surface area contributed by atoms with Crippen LogP contribution in [0.4, 0.5) is 0 Å². The van der Waals surface area contributed by atoms with Crippen LogP contribution < -0.4 is 0 Å². The van der Waals surface area contributed by atoms with E-state index in [-0.39, 0.29) is 5.91 Å². The second-order valence-electron chi connectivity index (χ2n) is 5.01. The second-order valence-corrected chi connectivity index (χ2v) is 5.01. The number of rotatable bonds is 4. The average Bonchev–Trinajstić information content (AvgIpc) is 2.95. The Hall–Kier alpha value is -1.78. The summed E-state index contributed by atoms with van der Waals surface area (Å²) in [5, 5.41) is 9.10. The molecule has 1 N–H and O–H groups in total. The molecule has 2 heterocycles. The third kappa shape index (κ3) is 2.55. The van der Waals surface area contributed by atoms with Gasteiger partial charge in [0, 0.05) is 25.9 Å². The molecule has 1 amide bonds. The van der Waals surface area contributed by atoms with Crippen molar-refractivity contribution < 1.29 is 19.1 Å². The van der Waals surface area contributed by atoms with Crippen molar-refractivity contribution in [3.8, 4) is 0 Å². The fourth-order valence-electron chi connectivity index (χ4n) is 2.19. The second kappa shape index (κ2) is 4.84. The van der Waals surface area contributed by atoms with E-state index in [0.717, 1.165) is 5.76 Å². The van der Waals surface area contributed by atoms with E-state index in [1.165, 1.54) is 0 Å². The van der Waals surface area contributed by atoms with Gasteiger partial charge in [-0.05, 0) is 25.5 Å². The third-order valence-electron chi connectivity index (χ3n) is 3.51. The fourth-order valence-corrected chi connectivity index (χ4v) is 2.19. The number of likely N-dealkylation sites (tertiary alicyclic amines) is 1. The quantitative estimate of drug-likeness (QED) is 0.881. The van der Waals surface area contributed by atoms with Crippen LogP contribution in [0, 0.1) is 5.41 Å². The van der Waals surface area contributed by atoms with Crippen molar-refractivity contribution in [3.63, 3.8) is 0 Å². The van der Waals surface area contributed by atoms with E-state index in [0.29, 0.717) is 32.4 Å². The Balaban J connectivity index is 1.86. The van der Waals surface area contributed by atoms with Gasteiger partial charge in [0.2, 0.25) is 5.91 Å². The Labute approximate surface area is 105 Å². The van der Waals surface area contributed by atoms with E-state index in [9.17, 15) is 9.59 Å². The molecule has 98 valence electrons. The Bertz CT molecular complexity index is 440. The van der Waals surface area contributed by atoms with Crippen LogP contribution in [0.5, 0.6) is 0 Å². The largest absolute Gasteiger partial charge is 0.481 e. The normalized spacial score (nSPS) is 23.3. The highest BCUT2D eigenvalue weighted by molar-refractivity contribution is 5.80. The lowest BCUT2D eigenvalue weighted by molar-refractivity contribution is -0.147. The molecule has 1 aromatic rings. The molecule has 18 heavy (non-hydrogen) atoms. The van der Waals surface area contributed by atoms with Gasteiger partial charge in [-0.2, -0.15) is 0 Å². The van der Waals surface area contributed by atoms with E-state index in [2.05, 4.69) is 0 Å². The Morgan fingerprint density at radius 2 is 2.33 bits per heavy atom. The van der Waals surface area contributed by atoms with Gasteiger partial charge in [-0.1, -0.05) is 0 Å². The van der Waals surface area contributed by atoms with E-state index < -0.39 is 11.4 Å². The average molecular weight is 251 g/mol. The summed E-state index contributed by atoms with van der Waals surface area (Å²) < 4.78 is 5.16. The molecule has 0 bridgehead atoms. The summed E-state index contributed by atoms with van der Waals surface area (Å²) >= 11 is 0. The zero-order chi connectivity index (χ0) is 13.2. The predicted octanol–water partition coefficient (Wildman–Crippen LogP) is 1.54. The summed E-state index contributed by atoms with van der Waals surface area (Å²) in [7, 11) is 0. The van der Waals surface area contributed by atoms with Gasteiger partial charge >= 0.3 is 5.97 Å². The number of hydrogen-bond acceptors (Lipinski definition) is 3. The molecule has 0 spiro atoms. The van der Waals surface area contributed by atoms with Crippen LogP contribution in [0.1, 0.15) is 25.5 Å². The predicted molar refractivity (Wildman–Crippen MR) is 64.0 cm³/mol. The van der Waals surface area contributed by atoms with Crippen molar-refractivity contribution in [2.75, 3.05) is 13.1 Å². The number of furan rings is 1. The molecular formula is C13H17NO4. The standard InChI is InChI=1S/C13H17NO4/c1-13(12(16)17)6-7-14(9-13)11(15)5-4-10-3-2-8-18-10/h2-3,8H,4-7,9H2,1H3,(H,16,17). The van der Waals surface area contributed by atoms with Crippen LogP contribution in [0.15, 0.2) is 22.8 Å². The topological polar surface area (TPSA) is 70.8 Å². The number of amides is 1. The van der Waals surface area contributed by atoms with Gasteiger partial charge in [0.25, 0.3) is 0 Å². The number of carboxylic acids is 1. The van der Waals surface area contributed by atoms with Gasteiger partial charge in [-0.15, -0.1) is 0 Å². The van der Waals surface area contributed by atoms with Gasteiger partial charge in [0.05, 0.1) is 11.7 Å². The third-order valence-corrected chi connectivity index (χ3v) is 3.51. The van der Waals surface area contributed by atoms with E-state index in [1.807, 2.05) is 6.07 Å². The summed E-state index contributed by atoms with van der Waals surface area (Å²) in [5.74, 6) is -0.0521. The fraction of sp³-hybridized carbons (Fsp3) is 0.538. The zero-order valence-electron chi connectivity index (χ0n) is 10.4. The van der Waals surface area contributed by atoms with Crippen molar-refractivity contribution >= 4 is 11.9 Å². The first-order valence-corrected chi connectivity index (χ1v) is 6.05. The minimum Gasteiger partial charge on any atom is -0.481 e. The van der Waals surface area contributed by atoms with Crippen molar-refractivity contribution in [3.05, 3.63) is 24.2 Å². The maximum atomic E-state index is 11.9. The minimum absolute atomic E-state index is 0.00336. The lowest BCUT2D eigenvalue weighted by Crippen LogP contribution is -2.34. The van der Waals surface area contributed by atoms with Gasteiger partial charge in [0.1, 0.15) is 5.76 Å². The summed E-state index contributed by atoms with van der Waals surface area (Å²) in [4.78, 5) is 24.7. The highest BCUT2D eigenvalue weighted by Crippen LogP contribution is 2.30. The number of carbonyl (C=O) groups is 2. The summed E-state index contributed by atoms with van der Waals surface area (Å²) in [6, 6.07) is 3.62. The zero-order valence-corrected chi connectivity index (χ0v) is 10.4. The lowest BCUT2D eigenvalue weighted by atomic mass is 9.90. The smallest absolute Gasteiger partial charge is 0.311 e. The molecule has 2 rings (SSSR count). The summed E-state index contributed by atoms with van der Waals surface area (Å²) in [6.45, 7) is 2.52. The van der Waals surface area contributed by atoms with Gasteiger partial charge < -0.3 is 14.4 Å². The van der Waals surface area contributed by atoms with Crippen LogP contribution in [-0.4, -0.2) is 35.0 Å². The number of hydrogen-bond donors (Lipinski definition) is 1. The summed E-state index contributed by atoms with van der Waals surface area (Å²) in [5.41, 5.74) is -0.791. The number of aryl methyl sites for hydroxylation is 1. The molecular weight excluding hydrogens is 234 g/mol. The first kappa shape index (κ1) is 12.7. The van der Waals surface area contributed by atoms with Crippen molar-refractivity contribution in [1.82, 2.24) is 4.90 Å². The number of carboxylic acid groups (broad SMARTS) is 1. The highest BCUT2D eigenvalue weighted by atomic mass is 16.4. The Morgan fingerprint density at radius 1 is 1.56 bits per heavy atom. The van der Waals surface area contributed by atoms with E-state index in [4.69, 9.17) is 9.52 Å². The van der Waals surface area contributed by atoms with E-state index >= 15 is 0 Å². The molecule has 1 atom stereocenters. The summed E-state index contributed by atoms with van der Waals surface area (Å²) in [6.07, 6.45) is 3.03. The molecule has 1 fully saturated rings. The molecule has 0 radical (unpaired) electrons. The lowest BCUT2D eigenvalue weighted by Gasteiger charge is -2.20. The maximum absolute atomic E-state index is 11.9. The van der Waals surface area contributed by atoms with Gasteiger partial charge in [-0.25, -0.2) is 0 Å². The molecule has 5 heteroatoms. The molecule has 0 aliphatic carbocycles. The number of aliphatic carboxylic acids is 1. The van der Waals surface area contributed by atoms with Crippen LogP contribution in [0.2, 0.25) is 0 Å². The molecule has 1 aliphatic heterocycles. The number of carbonyl (C=O) groups excluding carboxylic acids is 1. The molecule has 1 saturated heterocycles. The minimum atomic E-state index is -0.830. The Kier molecular flexibility index (Phi) is 3.41. The molecule has 1 aliphatic rings. The SMILES string of the molecule is CC1(C(=O)O)CCN(C(=O)CCc2ccco2)C1. The van der Waals surface area contributed by atoms with E-state index in [1.54, 1.807) is 24.2 Å². The molecule has 0 aromatic carbocycles. The van der Waals surface area contributed by atoms with Crippen molar-refractivity contribution in [1.29, 1.82) is 0 Å². The molecule has 0 saturated carbocycles. The van der Waals surface area contributed by atoms with Crippen LogP contribution in [-0.2, 0) is 16.0 Å². The monoisotopic (exact) mass is 251 g/mol. The first-order chi connectivity index (χ1) is 8.51. The highest BCUT2D eigenvalue weighted by Gasteiger charge is 2.41. The number of nitrogens with zero attached hydrogens (tertiary/aromatic N) is 1. The van der Waals surface area contributed by atoms with Gasteiger partial charge in [-0.3, -0.25) is 9.59 Å². The van der Waals surface area contributed by atoms with Crippen LogP contribution >= 0.6 is 0 Å². The molecule has 1 aromatic heterocycles. The van der Waals surface area contributed by atoms with Gasteiger partial charge in [0.15, 0.2) is 0 Å².